The highest BCUT2D eigenvalue weighted by atomic mass is 79.9. The molecule has 3 nitrogen and oxygen atoms in total. The molecule has 0 aliphatic carbocycles. The Balaban J connectivity index is 2.46. The zero-order chi connectivity index (χ0) is 13.1. The molecule has 1 heterocycles. The van der Waals surface area contributed by atoms with Gasteiger partial charge in [-0.3, -0.25) is 0 Å². The second-order valence-electron chi connectivity index (χ2n) is 4.18. The van der Waals surface area contributed by atoms with Crippen molar-refractivity contribution in [1.29, 1.82) is 0 Å². The van der Waals surface area contributed by atoms with Gasteiger partial charge in [-0.15, -0.1) is 10.2 Å². The average molecular weight is 306 g/mol. The predicted octanol–water partition coefficient (Wildman–Crippen LogP) is 3.95. The van der Waals surface area contributed by atoms with Crippen molar-refractivity contribution < 1.29 is 0 Å². The van der Waals surface area contributed by atoms with Gasteiger partial charge in [-0.05, 0) is 44.0 Å². The van der Waals surface area contributed by atoms with Crippen molar-refractivity contribution in [3.05, 3.63) is 39.9 Å². The van der Waals surface area contributed by atoms with Gasteiger partial charge in [0.2, 0.25) is 0 Å². The molecule has 0 atom stereocenters. The molecule has 1 N–H and O–H groups in total. The van der Waals surface area contributed by atoms with E-state index in [-0.39, 0.29) is 0 Å². The van der Waals surface area contributed by atoms with E-state index in [0.717, 1.165) is 33.7 Å². The summed E-state index contributed by atoms with van der Waals surface area (Å²) >= 11 is 3.44. The number of nitrogens with one attached hydrogen (secondary N) is 1. The lowest BCUT2D eigenvalue weighted by atomic mass is 10.0. The van der Waals surface area contributed by atoms with Crippen LogP contribution in [0.5, 0.6) is 0 Å². The Kier molecular flexibility index (Phi) is 3.97. The molecule has 0 saturated heterocycles. The summed E-state index contributed by atoms with van der Waals surface area (Å²) in [5, 5.41) is 11.8. The molecule has 1 aromatic heterocycles. The molecule has 0 aliphatic heterocycles. The first-order valence-corrected chi connectivity index (χ1v) is 6.76. The van der Waals surface area contributed by atoms with E-state index < -0.39 is 0 Å². The van der Waals surface area contributed by atoms with E-state index in [2.05, 4.69) is 52.2 Å². The highest BCUT2D eigenvalue weighted by Gasteiger charge is 2.10. The normalized spacial score (nSPS) is 10.4. The number of nitrogens with zero attached hydrogens (tertiary/aromatic N) is 2. The van der Waals surface area contributed by atoms with Crippen molar-refractivity contribution in [3.63, 3.8) is 0 Å². The van der Waals surface area contributed by atoms with Gasteiger partial charge in [0.15, 0.2) is 5.82 Å². The monoisotopic (exact) mass is 305 g/mol. The van der Waals surface area contributed by atoms with Gasteiger partial charge in [0.05, 0.1) is 5.69 Å². The van der Waals surface area contributed by atoms with E-state index >= 15 is 0 Å². The SMILES string of the molecule is CCNc1nnc(-c2ccc(Br)cc2)c(C)c1C. The Morgan fingerprint density at radius 2 is 1.72 bits per heavy atom. The van der Waals surface area contributed by atoms with Gasteiger partial charge in [-0.25, -0.2) is 0 Å². The molecule has 0 radical (unpaired) electrons. The fourth-order valence-corrected chi connectivity index (χ4v) is 2.09. The third-order valence-electron chi connectivity index (χ3n) is 2.98. The van der Waals surface area contributed by atoms with Crippen molar-refractivity contribution in [2.24, 2.45) is 0 Å². The Morgan fingerprint density at radius 3 is 2.33 bits per heavy atom. The molecule has 18 heavy (non-hydrogen) atoms. The first-order chi connectivity index (χ1) is 8.63. The van der Waals surface area contributed by atoms with Crippen LogP contribution in [0.2, 0.25) is 0 Å². The van der Waals surface area contributed by atoms with Crippen LogP contribution in [-0.2, 0) is 0 Å². The fourth-order valence-electron chi connectivity index (χ4n) is 1.82. The molecule has 94 valence electrons. The summed E-state index contributed by atoms with van der Waals surface area (Å²) in [6.07, 6.45) is 0. The standard InChI is InChI=1S/C14H16BrN3/c1-4-16-14-10(3)9(2)13(17-18-14)11-5-7-12(15)8-6-11/h5-8H,4H2,1-3H3,(H,16,18). The number of aromatic nitrogens is 2. The maximum atomic E-state index is 4.33. The lowest BCUT2D eigenvalue weighted by molar-refractivity contribution is 0.987. The van der Waals surface area contributed by atoms with Gasteiger partial charge in [0.1, 0.15) is 0 Å². The zero-order valence-electron chi connectivity index (χ0n) is 10.8. The van der Waals surface area contributed by atoms with Crippen LogP contribution in [0.3, 0.4) is 0 Å². The van der Waals surface area contributed by atoms with Crippen molar-refractivity contribution in [3.8, 4) is 11.3 Å². The topological polar surface area (TPSA) is 37.8 Å². The van der Waals surface area contributed by atoms with Crippen LogP contribution in [-0.4, -0.2) is 16.7 Å². The van der Waals surface area contributed by atoms with E-state index in [4.69, 9.17) is 0 Å². The quantitative estimate of drug-likeness (QED) is 0.933. The van der Waals surface area contributed by atoms with E-state index in [0.29, 0.717) is 0 Å². The number of hydrogen-bond donors (Lipinski definition) is 1. The van der Waals surface area contributed by atoms with Crippen LogP contribution in [0.15, 0.2) is 28.7 Å². The second-order valence-corrected chi connectivity index (χ2v) is 5.10. The summed E-state index contributed by atoms with van der Waals surface area (Å²) in [6, 6.07) is 8.13. The van der Waals surface area contributed by atoms with Gasteiger partial charge < -0.3 is 5.32 Å². The second kappa shape index (κ2) is 5.48. The highest BCUT2D eigenvalue weighted by molar-refractivity contribution is 9.10. The van der Waals surface area contributed by atoms with Crippen molar-refractivity contribution in [2.45, 2.75) is 20.8 Å². The number of benzene rings is 1. The Bertz CT molecular complexity index is 550. The van der Waals surface area contributed by atoms with Gasteiger partial charge in [0, 0.05) is 16.6 Å². The van der Waals surface area contributed by atoms with Gasteiger partial charge >= 0.3 is 0 Å². The summed E-state index contributed by atoms with van der Waals surface area (Å²) in [5.41, 5.74) is 4.36. The Labute approximate surface area is 116 Å². The van der Waals surface area contributed by atoms with Gasteiger partial charge in [0.25, 0.3) is 0 Å². The van der Waals surface area contributed by atoms with Crippen LogP contribution >= 0.6 is 15.9 Å². The molecule has 0 fully saturated rings. The molecule has 0 aliphatic rings. The molecule has 0 unspecified atom stereocenters. The van der Waals surface area contributed by atoms with Crippen molar-refractivity contribution in [1.82, 2.24) is 10.2 Å². The average Bonchev–Trinajstić information content (AvgIpc) is 2.37. The van der Waals surface area contributed by atoms with Crippen LogP contribution in [0, 0.1) is 13.8 Å². The Morgan fingerprint density at radius 1 is 1.06 bits per heavy atom. The highest BCUT2D eigenvalue weighted by Crippen LogP contribution is 2.26. The molecule has 0 bridgehead atoms. The van der Waals surface area contributed by atoms with Crippen LogP contribution in [0.25, 0.3) is 11.3 Å². The molecule has 4 heteroatoms. The molecule has 0 amide bonds. The smallest absolute Gasteiger partial charge is 0.151 e. The summed E-state index contributed by atoms with van der Waals surface area (Å²) in [4.78, 5) is 0. The summed E-state index contributed by atoms with van der Waals surface area (Å²) in [6.45, 7) is 7.07. The van der Waals surface area contributed by atoms with Crippen LogP contribution in [0.4, 0.5) is 5.82 Å². The van der Waals surface area contributed by atoms with E-state index in [1.807, 2.05) is 24.3 Å². The number of anilines is 1. The third kappa shape index (κ3) is 2.53. The lowest BCUT2D eigenvalue weighted by Crippen LogP contribution is -2.06. The third-order valence-corrected chi connectivity index (χ3v) is 3.51. The molecule has 0 spiro atoms. The van der Waals surface area contributed by atoms with E-state index in [1.54, 1.807) is 0 Å². The minimum atomic E-state index is 0.854. The largest absolute Gasteiger partial charge is 0.369 e. The first-order valence-electron chi connectivity index (χ1n) is 5.97. The van der Waals surface area contributed by atoms with Crippen LogP contribution < -0.4 is 5.32 Å². The molecular weight excluding hydrogens is 290 g/mol. The molecular formula is C14H16BrN3. The van der Waals surface area contributed by atoms with Gasteiger partial charge in [-0.2, -0.15) is 0 Å². The summed E-state index contributed by atoms with van der Waals surface area (Å²) in [5.74, 6) is 0.871. The summed E-state index contributed by atoms with van der Waals surface area (Å²) in [7, 11) is 0. The Hall–Kier alpha value is -1.42. The maximum absolute atomic E-state index is 4.33. The maximum Gasteiger partial charge on any atom is 0.151 e. The van der Waals surface area contributed by atoms with Crippen molar-refractivity contribution >= 4 is 21.7 Å². The number of rotatable bonds is 3. The molecule has 2 aromatic rings. The molecule has 0 saturated carbocycles. The van der Waals surface area contributed by atoms with Gasteiger partial charge in [-0.1, -0.05) is 28.1 Å². The minimum absolute atomic E-state index is 0.854. The molecule has 2 rings (SSSR count). The van der Waals surface area contributed by atoms with Crippen LogP contribution in [0.1, 0.15) is 18.1 Å². The lowest BCUT2D eigenvalue weighted by Gasteiger charge is -2.11. The summed E-state index contributed by atoms with van der Waals surface area (Å²) < 4.78 is 1.07. The van der Waals surface area contributed by atoms with E-state index in [1.165, 1.54) is 5.56 Å². The predicted molar refractivity (Wildman–Crippen MR) is 78.8 cm³/mol. The fraction of sp³-hybridized carbons (Fsp3) is 0.286. The molecule has 1 aromatic carbocycles. The first kappa shape index (κ1) is 13.0. The number of halogens is 1. The van der Waals surface area contributed by atoms with E-state index in [9.17, 15) is 0 Å². The number of hydrogen-bond acceptors (Lipinski definition) is 3. The van der Waals surface area contributed by atoms with Crippen molar-refractivity contribution in [2.75, 3.05) is 11.9 Å². The zero-order valence-corrected chi connectivity index (χ0v) is 12.4. The minimum Gasteiger partial charge on any atom is -0.369 e.